The molecule has 2 aromatic rings. The summed E-state index contributed by atoms with van der Waals surface area (Å²) < 4.78 is 15.5. The Labute approximate surface area is 156 Å². The van der Waals surface area contributed by atoms with Gasteiger partial charge in [-0.05, 0) is 6.07 Å². The van der Waals surface area contributed by atoms with E-state index in [1.165, 1.54) is 7.11 Å². The lowest BCUT2D eigenvalue weighted by Gasteiger charge is -2.35. The first-order valence-electron chi connectivity index (χ1n) is 8.45. The van der Waals surface area contributed by atoms with Crippen LogP contribution in [-0.4, -0.2) is 61.3 Å². The summed E-state index contributed by atoms with van der Waals surface area (Å²) in [6.45, 7) is 0.244. The molecule has 0 spiro atoms. The molecule has 1 aromatic carbocycles. The van der Waals surface area contributed by atoms with Gasteiger partial charge in [-0.15, -0.1) is 0 Å². The number of hydrogen-bond donors (Lipinski definition) is 2. The van der Waals surface area contributed by atoms with E-state index in [9.17, 15) is 9.59 Å². The number of nitrogens with one attached hydrogen (secondary N) is 2. The largest absolute Gasteiger partial charge is 0.493 e. The zero-order valence-electron chi connectivity index (χ0n) is 15.4. The number of imidazole rings is 1. The molecule has 1 aliphatic rings. The van der Waals surface area contributed by atoms with Crippen LogP contribution in [0.3, 0.4) is 0 Å². The van der Waals surface area contributed by atoms with Gasteiger partial charge in [-0.25, -0.2) is 9.78 Å². The van der Waals surface area contributed by atoms with Gasteiger partial charge in [0.2, 0.25) is 0 Å². The summed E-state index contributed by atoms with van der Waals surface area (Å²) in [5, 5.41) is 2.59. The second-order valence-electron chi connectivity index (χ2n) is 5.93. The van der Waals surface area contributed by atoms with Gasteiger partial charge in [0.25, 0.3) is 0 Å². The number of aromatic amines is 1. The van der Waals surface area contributed by atoms with Gasteiger partial charge in [-0.1, -0.05) is 12.1 Å². The normalized spacial score (nSPS) is 15.7. The molecule has 0 saturated heterocycles. The quantitative estimate of drug-likeness (QED) is 0.763. The zero-order chi connectivity index (χ0) is 19.4. The number of amides is 2. The molecule has 3 rings (SSSR count). The number of carbonyl (C=O) groups is 2. The van der Waals surface area contributed by atoms with Crippen molar-refractivity contribution in [2.75, 3.05) is 34.4 Å². The van der Waals surface area contributed by atoms with Gasteiger partial charge in [-0.2, -0.15) is 0 Å². The summed E-state index contributed by atoms with van der Waals surface area (Å²) >= 11 is 0. The van der Waals surface area contributed by atoms with Crippen LogP contribution in [0.5, 0.6) is 11.5 Å². The third-order valence-electron chi connectivity index (χ3n) is 4.53. The second kappa shape index (κ2) is 7.98. The molecule has 1 aliphatic heterocycles. The van der Waals surface area contributed by atoms with E-state index in [4.69, 9.17) is 9.47 Å². The number of hydrogen-bond acceptors (Lipinski definition) is 6. The standard InChI is InChI=1S/C18H22N4O5/c1-25-13-6-4-5-11(17(13)27-3)16-15-12(20-10-21-15)7-8-22(16)18(24)19-9-14(23)26-2/h4-6,10,16H,7-9H2,1-3H3,(H,19,24)(H,20,21). The molecule has 1 unspecified atom stereocenters. The van der Waals surface area contributed by atoms with E-state index in [2.05, 4.69) is 20.0 Å². The molecule has 1 atom stereocenters. The molecule has 0 bridgehead atoms. The van der Waals surface area contributed by atoms with Crippen LogP contribution < -0.4 is 14.8 Å². The summed E-state index contributed by atoms with van der Waals surface area (Å²) in [5.74, 6) is 0.579. The number of H-pyrrole nitrogens is 1. The summed E-state index contributed by atoms with van der Waals surface area (Å²) in [5.41, 5.74) is 2.45. The number of urea groups is 1. The summed E-state index contributed by atoms with van der Waals surface area (Å²) in [7, 11) is 4.38. The number of esters is 1. The Bertz CT molecular complexity index is 835. The average molecular weight is 374 g/mol. The highest BCUT2D eigenvalue weighted by Crippen LogP contribution is 2.41. The van der Waals surface area contributed by atoms with E-state index in [0.29, 0.717) is 24.5 Å². The predicted molar refractivity (Wildman–Crippen MR) is 95.8 cm³/mol. The highest BCUT2D eigenvalue weighted by atomic mass is 16.5. The van der Waals surface area contributed by atoms with E-state index in [0.717, 1.165) is 17.0 Å². The number of fused-ring (bicyclic) bond motifs is 1. The molecule has 2 amide bonds. The third-order valence-corrected chi connectivity index (χ3v) is 4.53. The number of nitrogens with zero attached hydrogens (tertiary/aromatic N) is 2. The fourth-order valence-electron chi connectivity index (χ4n) is 3.26. The van der Waals surface area contributed by atoms with E-state index >= 15 is 0 Å². The Morgan fingerprint density at radius 2 is 2.11 bits per heavy atom. The minimum atomic E-state index is -0.517. The van der Waals surface area contributed by atoms with Gasteiger partial charge in [0.15, 0.2) is 11.5 Å². The number of ether oxygens (including phenoxy) is 3. The lowest BCUT2D eigenvalue weighted by atomic mass is 9.95. The van der Waals surface area contributed by atoms with Crippen molar-refractivity contribution in [1.29, 1.82) is 0 Å². The van der Waals surface area contributed by atoms with Crippen molar-refractivity contribution in [3.63, 3.8) is 0 Å². The van der Waals surface area contributed by atoms with Crippen LogP contribution >= 0.6 is 0 Å². The van der Waals surface area contributed by atoms with Crippen molar-refractivity contribution in [3.05, 3.63) is 41.5 Å². The SMILES string of the molecule is COC(=O)CNC(=O)N1CCc2[nH]cnc2C1c1cccc(OC)c1OC. The molecule has 0 radical (unpaired) electrons. The van der Waals surface area contributed by atoms with Crippen LogP contribution in [0.2, 0.25) is 0 Å². The Balaban J connectivity index is 2.00. The minimum absolute atomic E-state index is 0.207. The van der Waals surface area contributed by atoms with Crippen molar-refractivity contribution < 1.29 is 23.8 Å². The second-order valence-corrected chi connectivity index (χ2v) is 5.93. The molecule has 0 fully saturated rings. The first-order chi connectivity index (χ1) is 13.1. The first kappa shape index (κ1) is 18.6. The predicted octanol–water partition coefficient (Wildman–Crippen LogP) is 1.26. The zero-order valence-corrected chi connectivity index (χ0v) is 15.4. The topological polar surface area (TPSA) is 106 Å². The van der Waals surface area contributed by atoms with Crippen LogP contribution in [0.1, 0.15) is 23.0 Å². The number of para-hydroxylation sites is 1. The van der Waals surface area contributed by atoms with Crippen LogP contribution in [0.4, 0.5) is 4.79 Å². The molecule has 9 nitrogen and oxygen atoms in total. The maximum absolute atomic E-state index is 12.8. The Kier molecular flexibility index (Phi) is 5.49. The fourth-order valence-corrected chi connectivity index (χ4v) is 3.26. The summed E-state index contributed by atoms with van der Waals surface area (Å²) in [4.78, 5) is 33.3. The van der Waals surface area contributed by atoms with E-state index in [1.807, 2.05) is 12.1 Å². The Morgan fingerprint density at radius 1 is 1.30 bits per heavy atom. The van der Waals surface area contributed by atoms with Crippen LogP contribution in [-0.2, 0) is 16.0 Å². The molecule has 9 heteroatoms. The Morgan fingerprint density at radius 3 is 2.81 bits per heavy atom. The first-order valence-corrected chi connectivity index (χ1v) is 8.45. The highest BCUT2D eigenvalue weighted by molar-refractivity contribution is 5.81. The van der Waals surface area contributed by atoms with Crippen molar-refractivity contribution in [2.45, 2.75) is 12.5 Å². The number of carbonyl (C=O) groups excluding carboxylic acids is 2. The van der Waals surface area contributed by atoms with Gasteiger partial charge in [0.1, 0.15) is 12.6 Å². The lowest BCUT2D eigenvalue weighted by Crippen LogP contribution is -2.47. The number of rotatable bonds is 5. The minimum Gasteiger partial charge on any atom is -0.493 e. The average Bonchev–Trinajstić information content (AvgIpc) is 3.18. The van der Waals surface area contributed by atoms with Crippen LogP contribution in [0, 0.1) is 0 Å². The van der Waals surface area contributed by atoms with Crippen molar-refractivity contribution in [2.24, 2.45) is 0 Å². The number of aromatic nitrogens is 2. The van der Waals surface area contributed by atoms with E-state index < -0.39 is 12.0 Å². The van der Waals surface area contributed by atoms with E-state index in [1.54, 1.807) is 31.5 Å². The molecule has 0 aliphatic carbocycles. The molecule has 2 heterocycles. The highest BCUT2D eigenvalue weighted by Gasteiger charge is 2.36. The van der Waals surface area contributed by atoms with Crippen molar-refractivity contribution in [3.8, 4) is 11.5 Å². The van der Waals surface area contributed by atoms with Crippen LogP contribution in [0.15, 0.2) is 24.5 Å². The van der Waals surface area contributed by atoms with Gasteiger partial charge >= 0.3 is 12.0 Å². The fraction of sp³-hybridized carbons (Fsp3) is 0.389. The maximum atomic E-state index is 12.8. The molecule has 144 valence electrons. The van der Waals surface area contributed by atoms with E-state index in [-0.39, 0.29) is 12.6 Å². The number of methoxy groups -OCH3 is 3. The van der Waals surface area contributed by atoms with Gasteiger partial charge in [0.05, 0.1) is 33.4 Å². The monoisotopic (exact) mass is 374 g/mol. The molecule has 27 heavy (non-hydrogen) atoms. The van der Waals surface area contributed by atoms with Crippen molar-refractivity contribution >= 4 is 12.0 Å². The summed E-state index contributed by atoms with van der Waals surface area (Å²) in [6.07, 6.45) is 2.24. The summed E-state index contributed by atoms with van der Waals surface area (Å²) in [6, 6.07) is 4.63. The Hall–Kier alpha value is -3.23. The smallest absolute Gasteiger partial charge is 0.325 e. The molecular formula is C18H22N4O5. The van der Waals surface area contributed by atoms with Crippen LogP contribution in [0.25, 0.3) is 0 Å². The molecule has 0 saturated carbocycles. The van der Waals surface area contributed by atoms with Crippen molar-refractivity contribution in [1.82, 2.24) is 20.2 Å². The lowest BCUT2D eigenvalue weighted by molar-refractivity contribution is -0.139. The van der Waals surface area contributed by atoms with Gasteiger partial charge in [-0.3, -0.25) is 4.79 Å². The molecule has 1 aromatic heterocycles. The number of benzene rings is 1. The third kappa shape index (κ3) is 3.53. The molecule has 2 N–H and O–H groups in total. The maximum Gasteiger partial charge on any atom is 0.325 e. The van der Waals surface area contributed by atoms with Gasteiger partial charge in [0, 0.05) is 24.2 Å². The molecular weight excluding hydrogens is 352 g/mol. The van der Waals surface area contributed by atoms with Gasteiger partial charge < -0.3 is 29.4 Å².